The molecule has 0 atom stereocenters. The molecule has 0 unspecified atom stereocenters. The first-order valence-corrected chi connectivity index (χ1v) is 4.72. The zero-order chi connectivity index (χ0) is 12.0. The maximum absolute atomic E-state index is 10.6. The van der Waals surface area contributed by atoms with Crippen molar-refractivity contribution in [2.75, 3.05) is 0 Å². The molecule has 3 rings (SSSR count). The molecular weight excluding hydrogens is 226 g/mol. The van der Waals surface area contributed by atoms with Crippen LogP contribution in [0, 0.1) is 0 Å². The lowest BCUT2D eigenvalue weighted by molar-refractivity contribution is 0.0643. The van der Waals surface area contributed by atoms with Crippen molar-refractivity contribution < 1.29 is 14.4 Å². The Hall–Kier alpha value is -2.64. The second-order valence-electron chi connectivity index (χ2n) is 3.44. The number of fused-ring (bicyclic) bond motifs is 1. The highest BCUT2D eigenvalue weighted by Crippen LogP contribution is 2.18. The molecule has 1 N–H and O–H groups in total. The number of carboxylic acid groups (broad SMARTS) is 1. The molecule has 3 aromatic heterocycles. The minimum absolute atomic E-state index is 0.218. The average molecular weight is 233 g/mol. The van der Waals surface area contributed by atoms with E-state index in [9.17, 15) is 4.79 Å². The number of carboxylic acids is 1. The monoisotopic (exact) mass is 233 g/mol. The quantitative estimate of drug-likeness (QED) is 0.688. The number of hydrogen-bond acceptors (Lipinski definition) is 5. The van der Waals surface area contributed by atoms with Gasteiger partial charge in [0.15, 0.2) is 0 Å². The lowest BCUT2D eigenvalue weighted by atomic mass is 10.4. The summed E-state index contributed by atoms with van der Waals surface area (Å²) in [6.07, 6.45) is 5.19. The smallest absolute Gasteiger partial charge is 0.394 e. The second kappa shape index (κ2) is 3.17. The first-order chi connectivity index (χ1) is 8.16. The molecule has 17 heavy (non-hydrogen) atoms. The van der Waals surface area contributed by atoms with Crippen LogP contribution in [0.2, 0.25) is 0 Å². The summed E-state index contributed by atoms with van der Waals surface area (Å²) < 4.78 is 8.13. The Bertz CT molecular complexity index is 707. The van der Waals surface area contributed by atoms with E-state index < -0.39 is 11.9 Å². The lowest BCUT2D eigenvalue weighted by Gasteiger charge is -1.94. The van der Waals surface area contributed by atoms with Gasteiger partial charge in [-0.3, -0.25) is 4.40 Å². The number of aromatic nitrogens is 5. The van der Waals surface area contributed by atoms with Crippen molar-refractivity contribution in [1.82, 2.24) is 24.1 Å². The van der Waals surface area contributed by atoms with Gasteiger partial charge in [0.1, 0.15) is 5.69 Å². The van der Waals surface area contributed by atoms with Crippen molar-refractivity contribution in [3.63, 3.8) is 0 Å². The summed E-state index contributed by atoms with van der Waals surface area (Å²) in [4.78, 5) is 18.5. The van der Waals surface area contributed by atoms with Crippen molar-refractivity contribution in [2.45, 2.75) is 0 Å². The van der Waals surface area contributed by atoms with Crippen molar-refractivity contribution in [3.05, 3.63) is 24.5 Å². The molecule has 0 radical (unpaired) electrons. The minimum atomic E-state index is -1.25. The summed E-state index contributed by atoms with van der Waals surface area (Å²) in [5, 5.41) is 12.3. The van der Waals surface area contributed by atoms with Crippen LogP contribution in [0.15, 0.2) is 23.1 Å². The maximum atomic E-state index is 10.6. The highest BCUT2D eigenvalue weighted by Gasteiger charge is 2.18. The molecule has 0 fully saturated rings. The Kier molecular flexibility index (Phi) is 1.79. The van der Waals surface area contributed by atoms with Crippen LogP contribution < -0.4 is 0 Å². The third-order valence-corrected chi connectivity index (χ3v) is 2.41. The number of imidazole rings is 2. The van der Waals surface area contributed by atoms with Gasteiger partial charge in [0.2, 0.25) is 11.6 Å². The van der Waals surface area contributed by atoms with E-state index in [1.165, 1.54) is 0 Å². The number of carbonyl (C=O) groups is 1. The van der Waals surface area contributed by atoms with Gasteiger partial charge in [0.05, 0.1) is 0 Å². The van der Waals surface area contributed by atoms with Gasteiger partial charge >= 0.3 is 11.9 Å². The Balaban J connectivity index is 2.16. The molecule has 8 nitrogen and oxygen atoms in total. The molecule has 0 aliphatic heterocycles. The zero-order valence-electron chi connectivity index (χ0n) is 8.73. The fourth-order valence-electron chi connectivity index (χ4n) is 1.61. The van der Waals surface area contributed by atoms with Crippen LogP contribution in [0.1, 0.15) is 10.7 Å². The standard InChI is InChI=1S/C9H7N5O3/c1-13-5(4-14-3-2-10-9(13)14)6-11-7(8(15)16)17-12-6/h2-4H,1H3,(H,15,16). The highest BCUT2D eigenvalue weighted by atomic mass is 16.5. The summed E-state index contributed by atoms with van der Waals surface area (Å²) in [5.74, 6) is -0.751. The van der Waals surface area contributed by atoms with E-state index >= 15 is 0 Å². The largest absolute Gasteiger partial charge is 0.474 e. The Morgan fingerprint density at radius 2 is 2.35 bits per heavy atom. The predicted molar refractivity (Wildman–Crippen MR) is 54.4 cm³/mol. The SMILES string of the molecule is Cn1c(-c2noc(C(=O)O)n2)cn2ccnc12. The van der Waals surface area contributed by atoms with Crippen LogP contribution in [-0.2, 0) is 7.05 Å². The van der Waals surface area contributed by atoms with Gasteiger partial charge in [-0.2, -0.15) is 4.98 Å². The molecule has 0 aromatic carbocycles. The first-order valence-electron chi connectivity index (χ1n) is 4.72. The number of rotatable bonds is 2. The van der Waals surface area contributed by atoms with E-state index in [0.29, 0.717) is 11.5 Å². The van der Waals surface area contributed by atoms with E-state index in [2.05, 4.69) is 19.6 Å². The van der Waals surface area contributed by atoms with E-state index in [1.807, 2.05) is 0 Å². The fraction of sp³-hybridized carbons (Fsp3) is 0.111. The second-order valence-corrected chi connectivity index (χ2v) is 3.44. The third kappa shape index (κ3) is 1.30. The van der Waals surface area contributed by atoms with Crippen molar-refractivity contribution in [1.29, 1.82) is 0 Å². The number of hydrogen-bond donors (Lipinski definition) is 1. The third-order valence-electron chi connectivity index (χ3n) is 2.41. The molecule has 0 aliphatic carbocycles. The number of aryl methyl sites for hydroxylation is 1. The van der Waals surface area contributed by atoms with Crippen molar-refractivity contribution in [2.24, 2.45) is 7.05 Å². The van der Waals surface area contributed by atoms with E-state index in [0.717, 1.165) is 0 Å². The van der Waals surface area contributed by atoms with E-state index in [4.69, 9.17) is 5.11 Å². The molecule has 86 valence electrons. The normalized spacial score (nSPS) is 11.1. The molecule has 3 aromatic rings. The highest BCUT2D eigenvalue weighted by molar-refractivity contribution is 5.82. The summed E-state index contributed by atoms with van der Waals surface area (Å²) in [5.41, 5.74) is 0.629. The Morgan fingerprint density at radius 3 is 3.00 bits per heavy atom. The number of nitrogens with zero attached hydrogens (tertiary/aromatic N) is 5. The molecule has 0 aliphatic rings. The van der Waals surface area contributed by atoms with Gasteiger partial charge < -0.3 is 14.2 Å². The topological polar surface area (TPSA) is 98.5 Å². The molecule has 0 saturated heterocycles. The van der Waals surface area contributed by atoms with Crippen LogP contribution >= 0.6 is 0 Å². The first kappa shape index (κ1) is 9.58. The predicted octanol–water partition coefficient (Wildman–Crippen LogP) is 0.421. The summed E-state index contributed by atoms with van der Waals surface area (Å²) in [6.45, 7) is 0. The van der Waals surface area contributed by atoms with Gasteiger partial charge in [-0.05, 0) is 0 Å². The van der Waals surface area contributed by atoms with Crippen LogP contribution in [0.25, 0.3) is 17.3 Å². The number of aromatic carboxylic acids is 1. The average Bonchev–Trinajstić information content (AvgIpc) is 2.95. The van der Waals surface area contributed by atoms with Crippen LogP contribution in [-0.4, -0.2) is 35.2 Å². The summed E-state index contributed by atoms with van der Waals surface area (Å²) >= 11 is 0. The van der Waals surface area contributed by atoms with Crippen LogP contribution in [0.4, 0.5) is 0 Å². The van der Waals surface area contributed by atoms with Crippen molar-refractivity contribution in [3.8, 4) is 11.5 Å². The Morgan fingerprint density at radius 1 is 1.53 bits per heavy atom. The van der Waals surface area contributed by atoms with Gasteiger partial charge in [-0.1, -0.05) is 5.16 Å². The maximum Gasteiger partial charge on any atom is 0.394 e. The Labute approximate surface area is 94.1 Å². The molecule has 0 bridgehead atoms. The summed E-state index contributed by atoms with van der Waals surface area (Å²) in [7, 11) is 1.79. The van der Waals surface area contributed by atoms with Crippen LogP contribution in [0.5, 0.6) is 0 Å². The molecule has 0 spiro atoms. The van der Waals surface area contributed by atoms with E-state index in [-0.39, 0.29) is 5.82 Å². The lowest BCUT2D eigenvalue weighted by Crippen LogP contribution is -1.97. The molecule has 0 saturated carbocycles. The van der Waals surface area contributed by atoms with Gasteiger partial charge in [0.25, 0.3) is 0 Å². The molecule has 0 amide bonds. The van der Waals surface area contributed by atoms with Gasteiger partial charge in [0, 0.05) is 25.6 Å². The van der Waals surface area contributed by atoms with E-state index in [1.54, 1.807) is 34.6 Å². The van der Waals surface area contributed by atoms with Crippen molar-refractivity contribution >= 4 is 11.7 Å². The van der Waals surface area contributed by atoms with Crippen LogP contribution in [0.3, 0.4) is 0 Å². The fourth-order valence-corrected chi connectivity index (χ4v) is 1.61. The summed E-state index contributed by atoms with van der Waals surface area (Å²) in [6, 6.07) is 0. The molecular formula is C9H7N5O3. The minimum Gasteiger partial charge on any atom is -0.474 e. The van der Waals surface area contributed by atoms with Gasteiger partial charge in [-0.25, -0.2) is 9.78 Å². The molecule has 3 heterocycles. The zero-order valence-corrected chi connectivity index (χ0v) is 8.73. The molecule has 8 heteroatoms. The van der Waals surface area contributed by atoms with Gasteiger partial charge in [-0.15, -0.1) is 0 Å².